The quantitative estimate of drug-likeness (QED) is 0.554. The number of anilines is 1. The number of phenols is 1. The van der Waals surface area contributed by atoms with Gasteiger partial charge in [-0.3, -0.25) is 9.59 Å². The van der Waals surface area contributed by atoms with E-state index < -0.39 is 17.5 Å². The molecule has 1 amide bonds. The fourth-order valence-corrected chi connectivity index (χ4v) is 0.959. The number of carbonyl (C=O) groups excluding carboxylic acids is 2. The maximum atomic E-state index is 13.0. The summed E-state index contributed by atoms with van der Waals surface area (Å²) in [6.07, 6.45) is 0.375. The van der Waals surface area contributed by atoms with Crippen molar-refractivity contribution in [3.63, 3.8) is 0 Å². The molecule has 0 spiro atoms. The number of phenolic OH excluding ortho intramolecular Hbond substituents is 1. The third kappa shape index (κ3) is 2.07. The Balaban J connectivity index is 3.16. The van der Waals surface area contributed by atoms with E-state index in [2.05, 4.69) is 5.32 Å². The Morgan fingerprint density at radius 1 is 1.57 bits per heavy atom. The molecule has 0 atom stereocenters. The molecule has 0 aliphatic heterocycles. The Hall–Kier alpha value is -1.91. The molecular weight excluding hydrogens is 189 g/mol. The Kier molecular flexibility index (Phi) is 2.81. The van der Waals surface area contributed by atoms with Gasteiger partial charge < -0.3 is 10.4 Å². The van der Waals surface area contributed by atoms with Crippen molar-refractivity contribution in [2.24, 2.45) is 0 Å². The van der Waals surface area contributed by atoms with E-state index in [1.54, 1.807) is 0 Å². The smallest absolute Gasteiger partial charge is 0.221 e. The topological polar surface area (TPSA) is 66.4 Å². The van der Waals surface area contributed by atoms with Crippen LogP contribution in [0.15, 0.2) is 12.1 Å². The first-order valence-corrected chi connectivity index (χ1v) is 3.80. The Morgan fingerprint density at radius 3 is 2.71 bits per heavy atom. The molecular formula is C9H8FNO3. The minimum atomic E-state index is -0.789. The third-order valence-corrected chi connectivity index (χ3v) is 1.55. The summed E-state index contributed by atoms with van der Waals surface area (Å²) in [5.41, 5.74) is -0.201. The second-order valence-corrected chi connectivity index (χ2v) is 2.69. The molecule has 4 nitrogen and oxygen atoms in total. The van der Waals surface area contributed by atoms with E-state index in [1.807, 2.05) is 0 Å². The molecule has 2 N–H and O–H groups in total. The molecule has 0 aliphatic carbocycles. The van der Waals surface area contributed by atoms with Crippen LogP contribution >= 0.6 is 0 Å². The second-order valence-electron chi connectivity index (χ2n) is 2.69. The molecule has 14 heavy (non-hydrogen) atoms. The predicted octanol–water partition coefficient (Wildman–Crippen LogP) is 1.30. The first-order valence-electron chi connectivity index (χ1n) is 3.80. The number of rotatable bonds is 2. The summed E-state index contributed by atoms with van der Waals surface area (Å²) in [5, 5.41) is 11.3. The van der Waals surface area contributed by atoms with Gasteiger partial charge in [0.1, 0.15) is 11.6 Å². The Bertz CT molecular complexity index is 390. The van der Waals surface area contributed by atoms with Gasteiger partial charge in [-0.15, -0.1) is 0 Å². The first kappa shape index (κ1) is 10.2. The summed E-state index contributed by atoms with van der Waals surface area (Å²) in [7, 11) is 0. The monoisotopic (exact) mass is 197 g/mol. The number of aldehydes is 1. The van der Waals surface area contributed by atoms with Gasteiger partial charge in [0.05, 0.1) is 11.3 Å². The molecule has 0 saturated carbocycles. The first-order chi connectivity index (χ1) is 6.54. The number of aromatic hydroxyl groups is 1. The molecule has 1 aromatic carbocycles. The van der Waals surface area contributed by atoms with Gasteiger partial charge in [-0.2, -0.15) is 0 Å². The molecule has 0 fully saturated rings. The summed E-state index contributed by atoms with van der Waals surface area (Å²) in [4.78, 5) is 21.0. The molecule has 0 unspecified atom stereocenters. The lowest BCUT2D eigenvalue weighted by Crippen LogP contribution is -2.07. The molecule has 74 valence electrons. The van der Waals surface area contributed by atoms with Crippen LogP contribution in [0, 0.1) is 5.82 Å². The van der Waals surface area contributed by atoms with E-state index in [4.69, 9.17) is 5.11 Å². The van der Waals surface area contributed by atoms with Crippen molar-refractivity contribution in [1.29, 1.82) is 0 Å². The molecule has 0 radical (unpaired) electrons. The van der Waals surface area contributed by atoms with Crippen LogP contribution in [0.3, 0.4) is 0 Å². The number of amides is 1. The van der Waals surface area contributed by atoms with Crippen molar-refractivity contribution in [2.45, 2.75) is 6.92 Å². The van der Waals surface area contributed by atoms with E-state index in [-0.39, 0.29) is 11.3 Å². The summed E-state index contributed by atoms with van der Waals surface area (Å²) >= 11 is 0. The molecule has 5 heteroatoms. The van der Waals surface area contributed by atoms with Crippen LogP contribution in [-0.4, -0.2) is 17.3 Å². The van der Waals surface area contributed by atoms with E-state index in [0.29, 0.717) is 6.29 Å². The number of hydrogen-bond donors (Lipinski definition) is 2. The number of benzene rings is 1. The van der Waals surface area contributed by atoms with Gasteiger partial charge in [-0.25, -0.2) is 4.39 Å². The zero-order valence-electron chi connectivity index (χ0n) is 7.37. The largest absolute Gasteiger partial charge is 0.507 e. The van der Waals surface area contributed by atoms with Gasteiger partial charge in [-0.05, 0) is 6.07 Å². The van der Waals surface area contributed by atoms with Crippen LogP contribution in [-0.2, 0) is 4.79 Å². The Morgan fingerprint density at radius 2 is 2.21 bits per heavy atom. The molecule has 1 aromatic rings. The highest BCUT2D eigenvalue weighted by Crippen LogP contribution is 2.23. The lowest BCUT2D eigenvalue weighted by atomic mass is 10.2. The highest BCUT2D eigenvalue weighted by atomic mass is 19.1. The predicted molar refractivity (Wildman–Crippen MR) is 47.8 cm³/mol. The lowest BCUT2D eigenvalue weighted by Gasteiger charge is -2.05. The van der Waals surface area contributed by atoms with Crippen molar-refractivity contribution in [3.05, 3.63) is 23.5 Å². The summed E-state index contributed by atoms with van der Waals surface area (Å²) < 4.78 is 13.0. The van der Waals surface area contributed by atoms with Crippen LogP contribution in [0.4, 0.5) is 10.1 Å². The van der Waals surface area contributed by atoms with Gasteiger partial charge in [-0.1, -0.05) is 0 Å². The average molecular weight is 197 g/mol. The minimum absolute atomic E-state index is 0.0739. The number of carbonyl (C=O) groups is 2. The normalized spacial score (nSPS) is 9.57. The molecule has 1 rings (SSSR count). The van der Waals surface area contributed by atoms with Crippen molar-refractivity contribution < 1.29 is 19.1 Å². The second kappa shape index (κ2) is 3.87. The summed E-state index contributed by atoms with van der Waals surface area (Å²) in [6, 6.07) is 1.84. The number of hydrogen-bond acceptors (Lipinski definition) is 3. The minimum Gasteiger partial charge on any atom is -0.507 e. The van der Waals surface area contributed by atoms with Crippen molar-refractivity contribution in [1.82, 2.24) is 0 Å². The van der Waals surface area contributed by atoms with Crippen molar-refractivity contribution in [2.75, 3.05) is 5.32 Å². The maximum Gasteiger partial charge on any atom is 0.221 e. The van der Waals surface area contributed by atoms with E-state index in [9.17, 15) is 14.0 Å². The Labute approximate surface area is 79.4 Å². The van der Waals surface area contributed by atoms with Gasteiger partial charge in [0, 0.05) is 13.0 Å². The van der Waals surface area contributed by atoms with Crippen LogP contribution in [0.25, 0.3) is 0 Å². The zero-order chi connectivity index (χ0) is 10.7. The fourth-order valence-electron chi connectivity index (χ4n) is 0.959. The number of halogens is 1. The lowest BCUT2D eigenvalue weighted by molar-refractivity contribution is -0.114. The third-order valence-electron chi connectivity index (χ3n) is 1.55. The van der Waals surface area contributed by atoms with Gasteiger partial charge in [0.15, 0.2) is 6.29 Å². The molecule has 0 heterocycles. The van der Waals surface area contributed by atoms with Gasteiger partial charge >= 0.3 is 0 Å². The molecule has 0 saturated heterocycles. The van der Waals surface area contributed by atoms with E-state index in [0.717, 1.165) is 12.1 Å². The van der Waals surface area contributed by atoms with Crippen LogP contribution in [0.2, 0.25) is 0 Å². The summed E-state index contributed by atoms with van der Waals surface area (Å²) in [6.45, 7) is 1.22. The van der Waals surface area contributed by atoms with Crippen LogP contribution < -0.4 is 5.32 Å². The van der Waals surface area contributed by atoms with Crippen LogP contribution in [0.1, 0.15) is 17.3 Å². The fraction of sp³-hybridized carbons (Fsp3) is 0.111. The van der Waals surface area contributed by atoms with Crippen molar-refractivity contribution in [3.8, 4) is 5.75 Å². The molecule has 0 aliphatic rings. The number of nitrogens with one attached hydrogen (secondary N) is 1. The standard InChI is InChI=1S/C9H8FNO3/c1-5(13)11-8-2-6(4-12)9(14)3-7(8)10/h2-4,14H,1H3,(H,11,13). The highest BCUT2D eigenvalue weighted by Gasteiger charge is 2.09. The van der Waals surface area contributed by atoms with Crippen molar-refractivity contribution >= 4 is 17.9 Å². The molecule has 0 bridgehead atoms. The molecule has 0 aromatic heterocycles. The SMILES string of the molecule is CC(=O)Nc1cc(C=O)c(O)cc1F. The maximum absolute atomic E-state index is 13.0. The van der Waals surface area contributed by atoms with Gasteiger partial charge in [0.2, 0.25) is 5.91 Å². The van der Waals surface area contributed by atoms with Crippen LogP contribution in [0.5, 0.6) is 5.75 Å². The summed E-state index contributed by atoms with van der Waals surface area (Å²) in [5.74, 6) is -1.69. The van der Waals surface area contributed by atoms with Gasteiger partial charge in [0.25, 0.3) is 0 Å². The zero-order valence-corrected chi connectivity index (χ0v) is 7.37. The van der Waals surface area contributed by atoms with E-state index >= 15 is 0 Å². The highest BCUT2D eigenvalue weighted by molar-refractivity contribution is 5.91. The average Bonchev–Trinajstić information content (AvgIpc) is 2.09. The van der Waals surface area contributed by atoms with E-state index in [1.165, 1.54) is 6.92 Å².